The average molecular weight is 417 g/mol. The van der Waals surface area contributed by atoms with Gasteiger partial charge in [-0.25, -0.2) is 4.58 Å². The SMILES string of the molecule is CC[N+](CCCl)=C1C=CC(=CC=C2C=C(C(C)(C)C)SC(C(C)(C)C)=C2)C=C1. The van der Waals surface area contributed by atoms with E-state index in [-0.39, 0.29) is 10.8 Å². The Morgan fingerprint density at radius 2 is 1.36 bits per heavy atom. The average Bonchev–Trinajstić information content (AvgIpc) is 2.63. The second kappa shape index (κ2) is 9.50. The van der Waals surface area contributed by atoms with Gasteiger partial charge in [-0.15, -0.1) is 11.6 Å². The van der Waals surface area contributed by atoms with E-state index in [2.05, 4.69) is 102 Å². The number of halogens is 1. The second-order valence-corrected chi connectivity index (χ2v) is 10.8. The van der Waals surface area contributed by atoms with Gasteiger partial charge in [0.15, 0.2) is 12.3 Å². The summed E-state index contributed by atoms with van der Waals surface area (Å²) in [6.45, 7) is 17.7. The summed E-state index contributed by atoms with van der Waals surface area (Å²) in [5, 5.41) is 0. The summed E-state index contributed by atoms with van der Waals surface area (Å²) in [6, 6.07) is 0. The zero-order valence-electron chi connectivity index (χ0n) is 18.5. The molecule has 0 saturated heterocycles. The Bertz CT molecular complexity index is 752. The molecule has 28 heavy (non-hydrogen) atoms. The highest BCUT2D eigenvalue weighted by Crippen LogP contribution is 2.48. The maximum atomic E-state index is 5.91. The summed E-state index contributed by atoms with van der Waals surface area (Å²) in [6.07, 6.45) is 17.9. The van der Waals surface area contributed by atoms with Crippen LogP contribution in [0.1, 0.15) is 48.5 Å². The minimum atomic E-state index is 0.155. The molecule has 0 bridgehead atoms. The lowest BCUT2D eigenvalue weighted by Crippen LogP contribution is -2.21. The Morgan fingerprint density at radius 3 is 1.79 bits per heavy atom. The summed E-state index contributed by atoms with van der Waals surface area (Å²) in [4.78, 5) is 2.85. The van der Waals surface area contributed by atoms with E-state index < -0.39 is 0 Å². The Hall–Kier alpha value is -1.25. The van der Waals surface area contributed by atoms with E-state index in [1.807, 2.05) is 11.8 Å². The molecule has 0 fully saturated rings. The summed E-state index contributed by atoms with van der Waals surface area (Å²) in [5.41, 5.74) is 4.03. The van der Waals surface area contributed by atoms with Crippen LogP contribution in [0, 0.1) is 10.8 Å². The van der Waals surface area contributed by atoms with Gasteiger partial charge in [0.05, 0.1) is 5.88 Å². The van der Waals surface area contributed by atoms with Gasteiger partial charge in [0, 0.05) is 12.2 Å². The van der Waals surface area contributed by atoms with E-state index in [0.29, 0.717) is 5.88 Å². The molecular formula is C25H35ClNS+. The Kier molecular flexibility index (Phi) is 7.81. The molecule has 0 spiro atoms. The smallest absolute Gasteiger partial charge is 0.199 e. The van der Waals surface area contributed by atoms with E-state index in [4.69, 9.17) is 11.6 Å². The molecule has 2 aliphatic rings. The third kappa shape index (κ3) is 6.39. The monoisotopic (exact) mass is 416 g/mol. The van der Waals surface area contributed by atoms with E-state index in [1.165, 1.54) is 26.7 Å². The maximum Gasteiger partial charge on any atom is 0.199 e. The van der Waals surface area contributed by atoms with E-state index >= 15 is 0 Å². The summed E-state index contributed by atoms with van der Waals surface area (Å²) in [5.74, 6) is 0.650. The first-order chi connectivity index (χ1) is 13.0. The number of thioether (sulfide) groups is 1. The van der Waals surface area contributed by atoms with Gasteiger partial charge < -0.3 is 0 Å². The zero-order chi connectivity index (χ0) is 20.9. The van der Waals surface area contributed by atoms with Crippen LogP contribution in [0.5, 0.6) is 0 Å². The Morgan fingerprint density at radius 1 is 0.857 bits per heavy atom. The fraction of sp³-hybridized carbons (Fsp3) is 0.480. The number of alkyl halides is 1. The van der Waals surface area contributed by atoms with Crippen molar-refractivity contribution in [2.24, 2.45) is 10.8 Å². The predicted molar refractivity (Wildman–Crippen MR) is 129 cm³/mol. The van der Waals surface area contributed by atoms with Crippen molar-refractivity contribution in [2.75, 3.05) is 19.0 Å². The summed E-state index contributed by atoms with van der Waals surface area (Å²) in [7, 11) is 0. The van der Waals surface area contributed by atoms with Crippen LogP contribution in [0.4, 0.5) is 0 Å². The van der Waals surface area contributed by atoms with Crippen molar-refractivity contribution >= 4 is 29.1 Å². The van der Waals surface area contributed by atoms with E-state index in [1.54, 1.807) is 0 Å². The molecule has 0 aromatic heterocycles. The molecule has 0 unspecified atom stereocenters. The van der Waals surface area contributed by atoms with Gasteiger partial charge in [0.2, 0.25) is 0 Å². The molecule has 0 atom stereocenters. The highest BCUT2D eigenvalue weighted by Gasteiger charge is 2.27. The van der Waals surface area contributed by atoms with Crippen molar-refractivity contribution < 1.29 is 4.58 Å². The molecule has 2 rings (SSSR count). The van der Waals surface area contributed by atoms with Crippen LogP contribution in [0.3, 0.4) is 0 Å². The van der Waals surface area contributed by atoms with Gasteiger partial charge in [-0.2, -0.15) is 0 Å². The molecule has 1 heterocycles. The first-order valence-corrected chi connectivity index (χ1v) is 11.5. The molecule has 0 saturated carbocycles. The first-order valence-electron chi connectivity index (χ1n) is 10.1. The lowest BCUT2D eigenvalue weighted by molar-refractivity contribution is -0.518. The van der Waals surface area contributed by atoms with Crippen LogP contribution in [0.2, 0.25) is 0 Å². The molecule has 0 aromatic rings. The molecule has 152 valence electrons. The van der Waals surface area contributed by atoms with Crippen molar-refractivity contribution in [1.29, 1.82) is 0 Å². The summed E-state index contributed by atoms with van der Waals surface area (Å²) >= 11 is 7.85. The molecule has 0 N–H and O–H groups in total. The fourth-order valence-corrected chi connectivity index (χ4v) is 4.36. The van der Waals surface area contributed by atoms with Gasteiger partial charge in [0.25, 0.3) is 0 Å². The standard InChI is InChI=1S/C25H35ClNS/c1-8-27(16-15-26)21-13-11-19(12-14-21)9-10-20-17-22(24(2,3)4)28-23(18-20)25(5,6)7/h9-14,17-18H,8,15-16H2,1-7H3/q+1. The van der Waals surface area contributed by atoms with Gasteiger partial charge in [-0.3, -0.25) is 0 Å². The van der Waals surface area contributed by atoms with Gasteiger partial charge in [-0.05, 0) is 63.0 Å². The Balaban J connectivity index is 2.31. The lowest BCUT2D eigenvalue weighted by atomic mass is 9.91. The van der Waals surface area contributed by atoms with Gasteiger partial charge in [0.1, 0.15) is 6.54 Å². The van der Waals surface area contributed by atoms with Crippen LogP contribution in [0.15, 0.2) is 69.6 Å². The van der Waals surface area contributed by atoms with Crippen LogP contribution in [-0.4, -0.2) is 29.3 Å². The molecule has 1 aliphatic carbocycles. The largest absolute Gasteiger partial charge is 0.229 e. The van der Waals surface area contributed by atoms with Crippen molar-refractivity contribution in [3.63, 3.8) is 0 Å². The maximum absolute atomic E-state index is 5.91. The lowest BCUT2D eigenvalue weighted by Gasteiger charge is -2.31. The van der Waals surface area contributed by atoms with Gasteiger partial charge >= 0.3 is 0 Å². The van der Waals surface area contributed by atoms with Crippen molar-refractivity contribution in [3.05, 3.63) is 69.6 Å². The molecule has 0 amide bonds. The molecule has 0 radical (unpaired) electrons. The van der Waals surface area contributed by atoms with E-state index in [0.717, 1.165) is 13.1 Å². The molecular weight excluding hydrogens is 382 g/mol. The molecule has 1 nitrogen and oxygen atoms in total. The van der Waals surface area contributed by atoms with Crippen LogP contribution in [-0.2, 0) is 0 Å². The van der Waals surface area contributed by atoms with Crippen LogP contribution >= 0.6 is 23.4 Å². The zero-order valence-corrected chi connectivity index (χ0v) is 20.0. The third-order valence-electron chi connectivity index (χ3n) is 4.76. The predicted octanol–water partition coefficient (Wildman–Crippen LogP) is 7.28. The van der Waals surface area contributed by atoms with Crippen molar-refractivity contribution in [2.45, 2.75) is 48.5 Å². The van der Waals surface area contributed by atoms with Gasteiger partial charge in [-0.1, -0.05) is 65.5 Å². The number of allylic oxidation sites excluding steroid dienone is 12. The second-order valence-electron chi connectivity index (χ2n) is 9.31. The number of hydrogen-bond donors (Lipinski definition) is 0. The first kappa shape index (κ1) is 23.0. The normalized spacial score (nSPS) is 17.5. The van der Waals surface area contributed by atoms with Crippen molar-refractivity contribution in [3.8, 4) is 0 Å². The topological polar surface area (TPSA) is 3.01 Å². The van der Waals surface area contributed by atoms with Crippen LogP contribution < -0.4 is 0 Å². The van der Waals surface area contributed by atoms with Crippen LogP contribution in [0.25, 0.3) is 0 Å². The third-order valence-corrected chi connectivity index (χ3v) is 6.83. The quantitative estimate of drug-likeness (QED) is 0.343. The summed E-state index contributed by atoms with van der Waals surface area (Å²) < 4.78 is 2.30. The minimum Gasteiger partial charge on any atom is -0.229 e. The number of nitrogens with zero attached hydrogens (tertiary/aromatic N) is 1. The Labute approximate surface area is 181 Å². The minimum absolute atomic E-state index is 0.155. The molecule has 3 heteroatoms. The molecule has 1 aliphatic heterocycles. The van der Waals surface area contributed by atoms with Crippen molar-refractivity contribution in [1.82, 2.24) is 0 Å². The number of hydrogen-bond acceptors (Lipinski definition) is 1. The fourth-order valence-electron chi connectivity index (χ4n) is 2.92. The highest BCUT2D eigenvalue weighted by atomic mass is 35.5. The van der Waals surface area contributed by atoms with E-state index in [9.17, 15) is 0 Å². The number of rotatable bonds is 4. The molecule has 0 aromatic carbocycles. The highest BCUT2D eigenvalue weighted by molar-refractivity contribution is 8.06.